The van der Waals surface area contributed by atoms with Gasteiger partial charge in [-0.25, -0.2) is 4.90 Å². The van der Waals surface area contributed by atoms with Gasteiger partial charge in [0.2, 0.25) is 11.8 Å². The molecule has 6 atom stereocenters. The number of nitrogens with zero attached hydrogens (tertiary/aromatic N) is 1. The molecule has 0 unspecified atom stereocenters. The van der Waals surface area contributed by atoms with Crippen molar-refractivity contribution in [3.05, 3.63) is 119 Å². The van der Waals surface area contributed by atoms with Crippen LogP contribution in [0.15, 0.2) is 108 Å². The van der Waals surface area contributed by atoms with E-state index in [0.29, 0.717) is 17.5 Å². The minimum Gasteiger partial charge on any atom is -0.274 e. The predicted octanol–water partition coefficient (Wildman–Crippen LogP) is 6.28. The highest BCUT2D eigenvalue weighted by atomic mass is 16.2. The maximum atomic E-state index is 14.1. The Hall–Kier alpha value is -3.72. The number of anilines is 1. The molecule has 4 bridgehead atoms. The third-order valence-electron chi connectivity index (χ3n) is 9.53. The second-order valence-corrected chi connectivity index (χ2v) is 11.0. The van der Waals surface area contributed by atoms with Gasteiger partial charge in [-0.2, -0.15) is 0 Å². The topological polar surface area (TPSA) is 37.4 Å². The average Bonchev–Trinajstić information content (AvgIpc) is 3.72. The van der Waals surface area contributed by atoms with Crippen molar-refractivity contribution in [2.45, 2.75) is 19.3 Å². The van der Waals surface area contributed by atoms with E-state index in [0.717, 1.165) is 0 Å². The molecular formula is C33H27NO2. The van der Waals surface area contributed by atoms with Crippen LogP contribution in [0.1, 0.15) is 30.4 Å². The molecule has 3 fully saturated rings. The average molecular weight is 470 g/mol. The Morgan fingerprint density at radius 3 is 1.53 bits per heavy atom. The number of amides is 2. The molecular weight excluding hydrogens is 442 g/mol. The van der Waals surface area contributed by atoms with Crippen LogP contribution in [-0.2, 0) is 9.59 Å². The lowest BCUT2D eigenvalue weighted by molar-refractivity contribution is -0.123. The normalized spacial score (nSPS) is 31.4. The van der Waals surface area contributed by atoms with Crippen LogP contribution in [0.2, 0.25) is 0 Å². The number of hydrogen-bond acceptors (Lipinski definition) is 2. The molecule has 3 aromatic rings. The number of carbonyl (C=O) groups is 2. The fourth-order valence-electron chi connectivity index (χ4n) is 8.45. The molecule has 2 saturated carbocycles. The number of benzene rings is 3. The summed E-state index contributed by atoms with van der Waals surface area (Å²) in [6.45, 7) is 0. The molecule has 0 N–H and O–H groups in total. The van der Waals surface area contributed by atoms with Gasteiger partial charge in [0.15, 0.2) is 0 Å². The van der Waals surface area contributed by atoms with Crippen LogP contribution in [0.4, 0.5) is 5.69 Å². The summed E-state index contributed by atoms with van der Waals surface area (Å²) in [7, 11) is 0. The first-order chi connectivity index (χ1) is 17.7. The molecule has 1 aliphatic heterocycles. The Morgan fingerprint density at radius 2 is 1.06 bits per heavy atom. The van der Waals surface area contributed by atoms with Crippen molar-refractivity contribution in [1.29, 1.82) is 0 Å². The Labute approximate surface area is 211 Å². The number of para-hydroxylation sites is 1. The van der Waals surface area contributed by atoms with Crippen LogP contribution in [0.25, 0.3) is 5.57 Å². The summed E-state index contributed by atoms with van der Waals surface area (Å²) in [5.74, 6) is 0.690. The minimum absolute atomic E-state index is 0.00371. The molecule has 5 aliphatic rings. The zero-order valence-electron chi connectivity index (χ0n) is 20.0. The van der Waals surface area contributed by atoms with Crippen molar-refractivity contribution in [2.24, 2.45) is 35.5 Å². The molecule has 3 heteroatoms. The summed E-state index contributed by atoms with van der Waals surface area (Å²) in [6.07, 6.45) is 3.68. The van der Waals surface area contributed by atoms with E-state index in [1.807, 2.05) is 30.3 Å². The lowest BCUT2D eigenvalue weighted by Crippen LogP contribution is -2.33. The van der Waals surface area contributed by atoms with E-state index in [1.54, 1.807) is 0 Å². The van der Waals surface area contributed by atoms with Gasteiger partial charge in [0.1, 0.15) is 0 Å². The first-order valence-electron chi connectivity index (χ1n) is 13.3. The highest BCUT2D eigenvalue weighted by Crippen LogP contribution is 2.71. The Bertz CT molecular complexity index is 1380. The van der Waals surface area contributed by atoms with Crippen molar-refractivity contribution in [3.8, 4) is 0 Å². The smallest absolute Gasteiger partial charge is 0.238 e. The molecule has 1 heterocycles. The molecule has 1 saturated heterocycles. The molecule has 0 radical (unpaired) electrons. The maximum absolute atomic E-state index is 14.1. The number of imide groups is 1. The van der Waals surface area contributed by atoms with Gasteiger partial charge < -0.3 is 0 Å². The van der Waals surface area contributed by atoms with Gasteiger partial charge in [0, 0.05) is 11.8 Å². The maximum Gasteiger partial charge on any atom is 0.238 e. The van der Waals surface area contributed by atoms with Crippen LogP contribution in [0.3, 0.4) is 0 Å². The van der Waals surface area contributed by atoms with E-state index >= 15 is 0 Å². The highest BCUT2D eigenvalue weighted by molar-refractivity contribution is 6.23. The lowest BCUT2D eigenvalue weighted by Gasteiger charge is -2.28. The van der Waals surface area contributed by atoms with Crippen molar-refractivity contribution in [3.63, 3.8) is 0 Å². The third kappa shape index (κ3) is 2.53. The number of rotatable bonds is 3. The van der Waals surface area contributed by atoms with E-state index in [9.17, 15) is 9.59 Å². The minimum atomic E-state index is -0.279. The largest absolute Gasteiger partial charge is 0.274 e. The number of allylic oxidation sites excluding steroid dienone is 3. The summed E-state index contributed by atoms with van der Waals surface area (Å²) < 4.78 is 0. The van der Waals surface area contributed by atoms with Crippen molar-refractivity contribution in [1.82, 2.24) is 0 Å². The van der Waals surface area contributed by atoms with Gasteiger partial charge >= 0.3 is 0 Å². The van der Waals surface area contributed by atoms with Crippen LogP contribution < -0.4 is 4.90 Å². The first kappa shape index (κ1) is 20.5. The van der Waals surface area contributed by atoms with Crippen LogP contribution in [-0.4, -0.2) is 11.8 Å². The zero-order valence-corrected chi connectivity index (χ0v) is 20.0. The van der Waals surface area contributed by atoms with Gasteiger partial charge in [0.05, 0.1) is 17.5 Å². The van der Waals surface area contributed by atoms with Crippen LogP contribution in [0, 0.1) is 35.5 Å². The van der Waals surface area contributed by atoms with Gasteiger partial charge in [-0.1, -0.05) is 90.0 Å². The number of carbonyl (C=O) groups excluding carboxylic acids is 2. The van der Waals surface area contributed by atoms with Crippen LogP contribution >= 0.6 is 0 Å². The summed E-state index contributed by atoms with van der Waals surface area (Å²) in [5.41, 5.74) is 8.73. The molecule has 0 aromatic heterocycles. The van der Waals surface area contributed by atoms with E-state index in [-0.39, 0.29) is 35.5 Å². The fourth-order valence-corrected chi connectivity index (χ4v) is 8.45. The molecule has 3 aromatic carbocycles. The number of fused-ring (bicyclic) bond motifs is 11. The molecule has 3 nitrogen and oxygen atoms in total. The SMILES string of the molecule is O=C1[C@@H]2[C@H]3C4=C([C@H]5CC[C@H]4C5)[C@@H](C3=C(c3ccccc3)c3ccccc3)[C@@H]2C(=O)N1c1ccccc1. The highest BCUT2D eigenvalue weighted by Gasteiger charge is 2.69. The monoisotopic (exact) mass is 469 g/mol. The molecule has 2 amide bonds. The van der Waals surface area contributed by atoms with E-state index < -0.39 is 0 Å². The third-order valence-corrected chi connectivity index (χ3v) is 9.53. The van der Waals surface area contributed by atoms with E-state index in [2.05, 4.69) is 60.7 Å². The standard InChI is InChI=1S/C33H27NO2/c35-32-30-28-25-21-16-17-22(18-21)26(25)29(31(30)33(36)34(32)23-14-8-3-9-15-23)27(28)24(19-10-4-1-5-11-19)20-12-6-2-7-13-20/h1-15,21-22,28-31H,16-18H2/t21-,22-,28-,29-,30-,31+/m0/s1. The first-order valence-corrected chi connectivity index (χ1v) is 13.3. The van der Waals surface area contributed by atoms with Crippen LogP contribution in [0.5, 0.6) is 0 Å². The second-order valence-electron chi connectivity index (χ2n) is 11.0. The summed E-state index contributed by atoms with van der Waals surface area (Å²) >= 11 is 0. The zero-order chi connectivity index (χ0) is 24.0. The Kier molecular flexibility index (Phi) is 4.20. The van der Waals surface area contributed by atoms with Gasteiger partial charge in [-0.15, -0.1) is 0 Å². The Morgan fingerprint density at radius 1 is 0.611 bits per heavy atom. The van der Waals surface area contributed by atoms with Gasteiger partial charge in [0.25, 0.3) is 0 Å². The summed E-state index contributed by atoms with van der Waals surface area (Å²) in [6, 6.07) is 30.7. The van der Waals surface area contributed by atoms with Gasteiger partial charge in [-0.05, 0) is 65.5 Å². The summed E-state index contributed by atoms with van der Waals surface area (Å²) in [4.78, 5) is 29.7. The second kappa shape index (κ2) is 7.39. The van der Waals surface area contributed by atoms with Crippen molar-refractivity contribution in [2.75, 3.05) is 4.90 Å². The molecule has 0 spiro atoms. The van der Waals surface area contributed by atoms with Crippen molar-refractivity contribution >= 4 is 23.1 Å². The molecule has 8 rings (SSSR count). The predicted molar refractivity (Wildman–Crippen MR) is 140 cm³/mol. The van der Waals surface area contributed by atoms with E-state index in [4.69, 9.17) is 0 Å². The fraction of sp³-hybridized carbons (Fsp3) is 0.273. The number of hydrogen-bond donors (Lipinski definition) is 0. The summed E-state index contributed by atoms with van der Waals surface area (Å²) in [5, 5.41) is 0. The van der Waals surface area contributed by atoms with Crippen molar-refractivity contribution < 1.29 is 9.59 Å². The Balaban J connectivity index is 1.37. The molecule has 36 heavy (non-hydrogen) atoms. The lowest BCUT2D eigenvalue weighted by atomic mass is 9.72. The quantitative estimate of drug-likeness (QED) is 0.257. The molecule has 4 aliphatic carbocycles. The van der Waals surface area contributed by atoms with E-state index in [1.165, 1.54) is 57.6 Å². The van der Waals surface area contributed by atoms with Gasteiger partial charge in [-0.3, -0.25) is 9.59 Å². The molecule has 176 valence electrons.